The largest absolute Gasteiger partial charge is 0.353 e. The van der Waals surface area contributed by atoms with Crippen LogP contribution in [0.5, 0.6) is 0 Å². The predicted molar refractivity (Wildman–Crippen MR) is 92.9 cm³/mol. The lowest BCUT2D eigenvalue weighted by Crippen LogP contribution is -2.33. The van der Waals surface area contributed by atoms with Gasteiger partial charge < -0.3 is 5.32 Å². The molecule has 1 atom stereocenters. The zero-order valence-electron chi connectivity index (χ0n) is 13.5. The Hall–Kier alpha value is -1.68. The molecule has 1 amide bonds. The number of carbonyl (C=O) groups excluding carboxylic acids is 1. The van der Waals surface area contributed by atoms with Gasteiger partial charge in [-0.2, -0.15) is 0 Å². The summed E-state index contributed by atoms with van der Waals surface area (Å²) in [7, 11) is 0. The molecule has 2 aromatic rings. The summed E-state index contributed by atoms with van der Waals surface area (Å²) in [5.74, 6) is 0.729. The van der Waals surface area contributed by atoms with Crippen LogP contribution in [0, 0.1) is 5.92 Å². The molecule has 0 aliphatic carbocycles. The minimum atomic E-state index is 0.0566. The number of carbonyl (C=O) groups is 1. The van der Waals surface area contributed by atoms with Crippen LogP contribution in [0.2, 0.25) is 0 Å². The second-order valence-corrected chi connectivity index (χ2v) is 6.98. The first kappa shape index (κ1) is 16.7. The Morgan fingerprint density at radius 3 is 2.59 bits per heavy atom. The number of nitrogens with zero attached hydrogens (tertiary/aromatic N) is 1. The van der Waals surface area contributed by atoms with E-state index in [9.17, 15) is 4.79 Å². The number of nitrogens with one attached hydrogen (secondary N) is 1. The molecule has 118 valence electrons. The summed E-state index contributed by atoms with van der Waals surface area (Å²) >= 11 is 1.59. The van der Waals surface area contributed by atoms with Crippen molar-refractivity contribution in [3.63, 3.8) is 0 Å². The van der Waals surface area contributed by atoms with Gasteiger partial charge in [0.05, 0.1) is 12.1 Å². The van der Waals surface area contributed by atoms with E-state index >= 15 is 0 Å². The third-order valence-corrected chi connectivity index (χ3v) is 4.44. The number of thiazole rings is 1. The minimum Gasteiger partial charge on any atom is -0.353 e. The molecule has 4 heteroatoms. The summed E-state index contributed by atoms with van der Waals surface area (Å²) < 4.78 is 0. The summed E-state index contributed by atoms with van der Waals surface area (Å²) in [6, 6.07) is 10.3. The molecule has 0 radical (unpaired) electrons. The average molecular weight is 316 g/mol. The topological polar surface area (TPSA) is 42.0 Å². The van der Waals surface area contributed by atoms with Crippen molar-refractivity contribution in [3.8, 4) is 10.6 Å². The van der Waals surface area contributed by atoms with Gasteiger partial charge in [-0.1, -0.05) is 44.2 Å². The molecule has 1 unspecified atom stereocenters. The van der Waals surface area contributed by atoms with E-state index < -0.39 is 0 Å². The molecule has 0 aliphatic rings. The third kappa shape index (κ3) is 5.26. The number of hydrogen-bond acceptors (Lipinski definition) is 3. The van der Waals surface area contributed by atoms with Crippen molar-refractivity contribution in [1.29, 1.82) is 0 Å². The Morgan fingerprint density at radius 2 is 1.91 bits per heavy atom. The SMILES string of the molecule is CC(C)CCC(C)NC(=O)Cc1csc(-c2ccccc2)n1. The van der Waals surface area contributed by atoms with Crippen LogP contribution >= 0.6 is 11.3 Å². The van der Waals surface area contributed by atoms with E-state index in [1.54, 1.807) is 11.3 Å². The fraction of sp³-hybridized carbons (Fsp3) is 0.444. The summed E-state index contributed by atoms with van der Waals surface area (Å²) in [5, 5.41) is 6.00. The number of amides is 1. The zero-order valence-corrected chi connectivity index (χ0v) is 14.3. The van der Waals surface area contributed by atoms with Crippen LogP contribution in [0.3, 0.4) is 0 Å². The first-order valence-corrected chi connectivity index (χ1v) is 8.71. The van der Waals surface area contributed by atoms with Crippen molar-refractivity contribution in [3.05, 3.63) is 41.4 Å². The van der Waals surface area contributed by atoms with Gasteiger partial charge >= 0.3 is 0 Å². The molecule has 1 aromatic carbocycles. The second kappa shape index (κ2) is 8.08. The highest BCUT2D eigenvalue weighted by molar-refractivity contribution is 7.13. The van der Waals surface area contributed by atoms with Crippen molar-refractivity contribution in [2.45, 2.75) is 46.1 Å². The molecule has 3 nitrogen and oxygen atoms in total. The van der Waals surface area contributed by atoms with Crippen LogP contribution in [0.4, 0.5) is 0 Å². The molecule has 0 aliphatic heterocycles. The third-order valence-electron chi connectivity index (χ3n) is 3.50. The van der Waals surface area contributed by atoms with Gasteiger partial charge in [0.1, 0.15) is 5.01 Å². The van der Waals surface area contributed by atoms with Crippen LogP contribution in [-0.4, -0.2) is 16.9 Å². The molecule has 0 saturated heterocycles. The summed E-state index contributed by atoms with van der Waals surface area (Å²) in [6.07, 6.45) is 2.52. The van der Waals surface area contributed by atoms with E-state index in [0.29, 0.717) is 12.3 Å². The standard InChI is InChI=1S/C18H24N2OS/c1-13(2)9-10-14(3)19-17(21)11-16-12-22-18(20-16)15-7-5-4-6-8-15/h4-8,12-14H,9-11H2,1-3H3,(H,19,21). The Kier molecular flexibility index (Phi) is 6.13. The molecular formula is C18H24N2OS. The van der Waals surface area contributed by atoms with Crippen LogP contribution < -0.4 is 5.32 Å². The van der Waals surface area contributed by atoms with Crippen molar-refractivity contribution in [2.75, 3.05) is 0 Å². The van der Waals surface area contributed by atoms with E-state index in [-0.39, 0.29) is 11.9 Å². The molecule has 0 spiro atoms. The maximum atomic E-state index is 12.1. The van der Waals surface area contributed by atoms with Gasteiger partial charge in [0.25, 0.3) is 0 Å². The lowest BCUT2D eigenvalue weighted by atomic mass is 10.0. The maximum absolute atomic E-state index is 12.1. The van der Waals surface area contributed by atoms with Crippen molar-refractivity contribution in [1.82, 2.24) is 10.3 Å². The maximum Gasteiger partial charge on any atom is 0.226 e. The highest BCUT2D eigenvalue weighted by Gasteiger charge is 2.11. The quantitative estimate of drug-likeness (QED) is 0.828. The highest BCUT2D eigenvalue weighted by atomic mass is 32.1. The van der Waals surface area contributed by atoms with E-state index in [4.69, 9.17) is 0 Å². The fourth-order valence-corrected chi connectivity index (χ4v) is 3.07. The lowest BCUT2D eigenvalue weighted by molar-refractivity contribution is -0.121. The molecule has 0 fully saturated rings. The van der Waals surface area contributed by atoms with Crippen molar-refractivity contribution < 1.29 is 4.79 Å². The van der Waals surface area contributed by atoms with Crippen molar-refractivity contribution >= 4 is 17.2 Å². The van der Waals surface area contributed by atoms with Gasteiger partial charge in [-0.3, -0.25) is 4.79 Å². The number of hydrogen-bond donors (Lipinski definition) is 1. The van der Waals surface area contributed by atoms with E-state index in [0.717, 1.165) is 29.1 Å². The number of benzene rings is 1. The van der Waals surface area contributed by atoms with Gasteiger partial charge in [-0.25, -0.2) is 4.98 Å². The minimum absolute atomic E-state index is 0.0566. The van der Waals surface area contributed by atoms with E-state index in [2.05, 4.69) is 31.1 Å². The molecule has 22 heavy (non-hydrogen) atoms. The normalized spacial score (nSPS) is 12.4. The summed E-state index contributed by atoms with van der Waals surface area (Å²) in [6.45, 7) is 6.47. The van der Waals surface area contributed by atoms with Gasteiger partial charge in [0, 0.05) is 17.0 Å². The van der Waals surface area contributed by atoms with E-state index in [1.165, 1.54) is 0 Å². The zero-order chi connectivity index (χ0) is 15.9. The lowest BCUT2D eigenvalue weighted by Gasteiger charge is -2.14. The Labute approximate surface area is 136 Å². The van der Waals surface area contributed by atoms with Gasteiger partial charge in [0.15, 0.2) is 0 Å². The van der Waals surface area contributed by atoms with Crippen LogP contribution in [-0.2, 0) is 11.2 Å². The predicted octanol–water partition coefficient (Wildman–Crippen LogP) is 4.29. The first-order chi connectivity index (χ1) is 10.5. The van der Waals surface area contributed by atoms with Gasteiger partial charge in [-0.15, -0.1) is 11.3 Å². The molecule has 2 rings (SSSR count). The van der Waals surface area contributed by atoms with E-state index in [1.807, 2.05) is 35.7 Å². The highest BCUT2D eigenvalue weighted by Crippen LogP contribution is 2.23. The number of rotatable bonds is 7. The van der Waals surface area contributed by atoms with Crippen LogP contribution in [0.25, 0.3) is 10.6 Å². The first-order valence-electron chi connectivity index (χ1n) is 7.83. The Morgan fingerprint density at radius 1 is 1.18 bits per heavy atom. The van der Waals surface area contributed by atoms with Crippen LogP contribution in [0.15, 0.2) is 35.7 Å². The Bertz CT molecular complexity index is 592. The van der Waals surface area contributed by atoms with Crippen molar-refractivity contribution in [2.24, 2.45) is 5.92 Å². The molecule has 0 saturated carbocycles. The summed E-state index contributed by atoms with van der Waals surface area (Å²) in [4.78, 5) is 16.6. The summed E-state index contributed by atoms with van der Waals surface area (Å²) in [5.41, 5.74) is 1.95. The molecule has 1 N–H and O–H groups in total. The second-order valence-electron chi connectivity index (χ2n) is 6.13. The van der Waals surface area contributed by atoms with Gasteiger partial charge in [0.2, 0.25) is 5.91 Å². The average Bonchev–Trinajstić information content (AvgIpc) is 2.94. The monoisotopic (exact) mass is 316 g/mol. The molecule has 1 aromatic heterocycles. The molecular weight excluding hydrogens is 292 g/mol. The van der Waals surface area contributed by atoms with Gasteiger partial charge in [-0.05, 0) is 25.7 Å². The molecule has 1 heterocycles. The number of aromatic nitrogens is 1. The Balaban J connectivity index is 1.86. The van der Waals surface area contributed by atoms with Crippen LogP contribution in [0.1, 0.15) is 39.3 Å². The smallest absolute Gasteiger partial charge is 0.226 e. The molecule has 0 bridgehead atoms. The fourth-order valence-electron chi connectivity index (χ4n) is 2.25.